The maximum Gasteiger partial charge on any atom is 0.191 e. The number of benzene rings is 2. The van der Waals surface area contributed by atoms with Crippen LogP contribution in [0.1, 0.15) is 5.56 Å². The third kappa shape index (κ3) is 3.83. The molecule has 0 atom stereocenters. The summed E-state index contributed by atoms with van der Waals surface area (Å²) in [6.45, 7) is 0. The van der Waals surface area contributed by atoms with Crippen molar-refractivity contribution in [1.29, 1.82) is 0 Å². The molecule has 0 aliphatic heterocycles. The summed E-state index contributed by atoms with van der Waals surface area (Å²) in [5.41, 5.74) is 2.02. The van der Waals surface area contributed by atoms with Gasteiger partial charge in [-0.2, -0.15) is 0 Å². The molecule has 0 spiro atoms. The smallest absolute Gasteiger partial charge is 0.191 e. The van der Waals surface area contributed by atoms with Crippen molar-refractivity contribution in [2.75, 3.05) is 0 Å². The summed E-state index contributed by atoms with van der Waals surface area (Å²) in [6, 6.07) is 13.2. The minimum Gasteiger partial charge on any atom is -0.305 e. The van der Waals surface area contributed by atoms with E-state index in [1.165, 1.54) is 0 Å². The van der Waals surface area contributed by atoms with E-state index in [4.69, 9.17) is 34.8 Å². The molecule has 2 aromatic carbocycles. The van der Waals surface area contributed by atoms with Gasteiger partial charge in [0.2, 0.25) is 0 Å². The molecule has 3 rings (SSSR count). The third-order valence-electron chi connectivity index (χ3n) is 3.27. The maximum atomic E-state index is 6.07. The zero-order chi connectivity index (χ0) is 16.4. The highest BCUT2D eigenvalue weighted by molar-refractivity contribution is 7.98. The summed E-state index contributed by atoms with van der Waals surface area (Å²) in [7, 11) is 1.93. The average Bonchev–Trinajstić information content (AvgIpc) is 2.89. The van der Waals surface area contributed by atoms with Crippen LogP contribution in [0.5, 0.6) is 0 Å². The van der Waals surface area contributed by atoms with Crippen LogP contribution in [-0.2, 0) is 12.8 Å². The SMILES string of the molecule is Cn1c(SCc2cccc(Cl)c2)nnc1-c1ccc(Cl)c(Cl)c1. The molecule has 0 fully saturated rings. The van der Waals surface area contributed by atoms with Gasteiger partial charge < -0.3 is 4.57 Å². The van der Waals surface area contributed by atoms with Crippen LogP contribution in [0.2, 0.25) is 15.1 Å². The van der Waals surface area contributed by atoms with Crippen LogP contribution in [0, 0.1) is 0 Å². The van der Waals surface area contributed by atoms with Crippen LogP contribution < -0.4 is 0 Å². The summed E-state index contributed by atoms with van der Waals surface area (Å²) in [4.78, 5) is 0. The zero-order valence-electron chi connectivity index (χ0n) is 12.1. The molecule has 0 bridgehead atoms. The Bertz CT molecular complexity index is 848. The topological polar surface area (TPSA) is 30.7 Å². The van der Waals surface area contributed by atoms with Gasteiger partial charge in [-0.3, -0.25) is 0 Å². The van der Waals surface area contributed by atoms with Gasteiger partial charge in [0.15, 0.2) is 11.0 Å². The first-order valence-electron chi connectivity index (χ1n) is 6.76. The van der Waals surface area contributed by atoms with E-state index in [2.05, 4.69) is 10.2 Å². The standard InChI is InChI=1S/C16H12Cl3N3S/c1-22-15(11-5-6-13(18)14(19)8-11)20-21-16(22)23-9-10-3-2-4-12(17)7-10/h2-8H,9H2,1H3. The Labute approximate surface area is 153 Å². The highest BCUT2D eigenvalue weighted by Crippen LogP contribution is 2.30. The van der Waals surface area contributed by atoms with Gasteiger partial charge in [0.05, 0.1) is 10.0 Å². The molecule has 1 aromatic heterocycles. The number of halogens is 3. The van der Waals surface area contributed by atoms with E-state index in [1.54, 1.807) is 23.9 Å². The van der Waals surface area contributed by atoms with Gasteiger partial charge in [0.25, 0.3) is 0 Å². The number of nitrogens with zero attached hydrogens (tertiary/aromatic N) is 3. The maximum absolute atomic E-state index is 6.07. The van der Waals surface area contributed by atoms with E-state index in [0.29, 0.717) is 10.0 Å². The van der Waals surface area contributed by atoms with Crippen LogP contribution in [0.4, 0.5) is 0 Å². The summed E-state index contributed by atoms with van der Waals surface area (Å²) in [5, 5.41) is 11.1. The van der Waals surface area contributed by atoms with Gasteiger partial charge in [-0.25, -0.2) is 0 Å². The fraction of sp³-hybridized carbons (Fsp3) is 0.125. The minimum absolute atomic E-state index is 0.500. The molecule has 0 aliphatic carbocycles. The Morgan fingerprint density at radius 2 is 1.83 bits per heavy atom. The van der Waals surface area contributed by atoms with Crippen LogP contribution in [0.25, 0.3) is 11.4 Å². The summed E-state index contributed by atoms with van der Waals surface area (Å²) < 4.78 is 1.94. The van der Waals surface area contributed by atoms with Crippen molar-refractivity contribution in [1.82, 2.24) is 14.8 Å². The fourth-order valence-electron chi connectivity index (χ4n) is 2.10. The summed E-state index contributed by atoms with van der Waals surface area (Å²) in [5.74, 6) is 1.52. The number of rotatable bonds is 4. The van der Waals surface area contributed by atoms with Gasteiger partial charge in [-0.15, -0.1) is 10.2 Å². The van der Waals surface area contributed by atoms with Gasteiger partial charge >= 0.3 is 0 Å². The quantitative estimate of drug-likeness (QED) is 0.538. The predicted molar refractivity (Wildman–Crippen MR) is 97.5 cm³/mol. The van der Waals surface area contributed by atoms with E-state index in [1.807, 2.05) is 41.9 Å². The van der Waals surface area contributed by atoms with Crippen molar-refractivity contribution in [3.8, 4) is 11.4 Å². The fourth-order valence-corrected chi connectivity index (χ4v) is 3.47. The largest absolute Gasteiger partial charge is 0.305 e. The number of thioether (sulfide) groups is 1. The molecule has 0 unspecified atom stereocenters. The Balaban J connectivity index is 1.80. The molecule has 1 heterocycles. The lowest BCUT2D eigenvalue weighted by atomic mass is 10.2. The first-order chi connectivity index (χ1) is 11.0. The van der Waals surface area contributed by atoms with Crippen molar-refractivity contribution < 1.29 is 0 Å². The second-order valence-corrected chi connectivity index (χ2v) is 7.11. The lowest BCUT2D eigenvalue weighted by Gasteiger charge is -2.05. The number of hydrogen-bond acceptors (Lipinski definition) is 3. The lowest BCUT2D eigenvalue weighted by Crippen LogP contribution is -1.95. The van der Waals surface area contributed by atoms with Crippen molar-refractivity contribution in [2.24, 2.45) is 7.05 Å². The van der Waals surface area contributed by atoms with E-state index >= 15 is 0 Å². The van der Waals surface area contributed by atoms with Crippen molar-refractivity contribution in [3.63, 3.8) is 0 Å². The molecule has 0 saturated carbocycles. The van der Waals surface area contributed by atoms with Gasteiger partial charge in [0, 0.05) is 23.4 Å². The van der Waals surface area contributed by atoms with Gasteiger partial charge in [-0.1, -0.05) is 58.7 Å². The molecular weight excluding hydrogens is 373 g/mol. The molecule has 118 valence electrons. The Kier molecular flexibility index (Phi) is 5.17. The highest BCUT2D eigenvalue weighted by Gasteiger charge is 2.12. The van der Waals surface area contributed by atoms with E-state index in [9.17, 15) is 0 Å². The van der Waals surface area contributed by atoms with Crippen molar-refractivity contribution >= 4 is 46.6 Å². The monoisotopic (exact) mass is 383 g/mol. The molecule has 7 heteroatoms. The second kappa shape index (κ2) is 7.14. The Hall–Kier alpha value is -1.20. The molecular formula is C16H12Cl3N3S. The zero-order valence-corrected chi connectivity index (χ0v) is 15.2. The van der Waals surface area contributed by atoms with E-state index in [-0.39, 0.29) is 0 Å². The molecule has 3 nitrogen and oxygen atoms in total. The molecule has 3 aromatic rings. The third-order valence-corrected chi connectivity index (χ3v) is 5.34. The molecule has 0 radical (unpaired) electrons. The molecule has 0 aliphatic rings. The predicted octanol–water partition coefficient (Wildman–Crippen LogP) is 5.73. The lowest BCUT2D eigenvalue weighted by molar-refractivity contribution is 0.794. The van der Waals surface area contributed by atoms with Crippen LogP contribution in [-0.4, -0.2) is 14.8 Å². The first kappa shape index (κ1) is 16.7. The van der Waals surface area contributed by atoms with Gasteiger partial charge in [0.1, 0.15) is 0 Å². The van der Waals surface area contributed by atoms with Crippen LogP contribution in [0.3, 0.4) is 0 Å². The normalized spacial score (nSPS) is 11.0. The first-order valence-corrected chi connectivity index (χ1v) is 8.88. The Morgan fingerprint density at radius 1 is 1.00 bits per heavy atom. The second-order valence-electron chi connectivity index (χ2n) is 4.91. The molecule has 0 saturated heterocycles. The number of hydrogen-bond donors (Lipinski definition) is 0. The Morgan fingerprint density at radius 3 is 2.57 bits per heavy atom. The van der Waals surface area contributed by atoms with Crippen molar-refractivity contribution in [3.05, 3.63) is 63.1 Å². The minimum atomic E-state index is 0.500. The number of aromatic nitrogens is 3. The summed E-state index contributed by atoms with van der Waals surface area (Å²) in [6.07, 6.45) is 0. The molecule has 0 amide bonds. The molecule has 23 heavy (non-hydrogen) atoms. The summed E-state index contributed by atoms with van der Waals surface area (Å²) >= 11 is 19.6. The van der Waals surface area contributed by atoms with Gasteiger partial charge in [-0.05, 0) is 35.9 Å². The molecule has 0 N–H and O–H groups in total. The average molecular weight is 385 g/mol. The highest BCUT2D eigenvalue weighted by atomic mass is 35.5. The van der Waals surface area contributed by atoms with Crippen LogP contribution >= 0.6 is 46.6 Å². The van der Waals surface area contributed by atoms with Crippen LogP contribution in [0.15, 0.2) is 47.6 Å². The van der Waals surface area contributed by atoms with E-state index < -0.39 is 0 Å². The van der Waals surface area contributed by atoms with Crippen molar-refractivity contribution in [2.45, 2.75) is 10.9 Å². The van der Waals surface area contributed by atoms with E-state index in [0.717, 1.165) is 32.9 Å².